The summed E-state index contributed by atoms with van der Waals surface area (Å²) in [6.45, 7) is 9.39. The molecule has 7 heteroatoms. The van der Waals surface area contributed by atoms with E-state index in [1.807, 2.05) is 0 Å². The normalized spacial score (nSPS) is 19.0. The van der Waals surface area contributed by atoms with Crippen molar-refractivity contribution in [1.29, 1.82) is 0 Å². The van der Waals surface area contributed by atoms with Crippen LogP contribution in [-0.2, 0) is 7.05 Å². The van der Waals surface area contributed by atoms with E-state index in [-0.39, 0.29) is 5.56 Å². The van der Waals surface area contributed by atoms with Crippen LogP contribution in [0.5, 0.6) is 0 Å². The molecule has 2 aromatic heterocycles. The van der Waals surface area contributed by atoms with Crippen LogP contribution >= 0.6 is 0 Å². The molecule has 0 N–H and O–H groups in total. The van der Waals surface area contributed by atoms with Crippen molar-refractivity contribution in [3.8, 4) is 11.4 Å². The first kappa shape index (κ1) is 16.6. The Kier molecular flexibility index (Phi) is 4.62. The molecule has 128 valence electrons. The van der Waals surface area contributed by atoms with Crippen LogP contribution in [0.3, 0.4) is 0 Å². The van der Waals surface area contributed by atoms with Crippen molar-refractivity contribution in [2.24, 2.45) is 7.05 Å². The second-order valence-corrected chi connectivity index (χ2v) is 6.56. The number of rotatable bonds is 3. The van der Waals surface area contributed by atoms with E-state index in [9.17, 15) is 4.79 Å². The third kappa shape index (κ3) is 3.17. The number of nitrogens with zero attached hydrogens (tertiary/aromatic N) is 6. The van der Waals surface area contributed by atoms with Crippen molar-refractivity contribution in [2.75, 3.05) is 24.5 Å². The van der Waals surface area contributed by atoms with E-state index in [2.05, 4.69) is 40.5 Å². The summed E-state index contributed by atoms with van der Waals surface area (Å²) in [5.74, 6) is 0.701. The van der Waals surface area contributed by atoms with E-state index < -0.39 is 0 Å². The van der Waals surface area contributed by atoms with Crippen LogP contribution in [0.2, 0.25) is 0 Å². The summed E-state index contributed by atoms with van der Waals surface area (Å²) < 4.78 is 1.62. The third-order valence-corrected chi connectivity index (χ3v) is 4.60. The van der Waals surface area contributed by atoms with Crippen molar-refractivity contribution in [3.63, 3.8) is 0 Å². The van der Waals surface area contributed by atoms with Gasteiger partial charge in [-0.25, -0.2) is 15.0 Å². The first-order chi connectivity index (χ1) is 11.5. The van der Waals surface area contributed by atoms with E-state index in [4.69, 9.17) is 4.98 Å². The molecule has 3 rings (SSSR count). The summed E-state index contributed by atoms with van der Waals surface area (Å²) in [6, 6.07) is 4.12. The van der Waals surface area contributed by atoms with Gasteiger partial charge in [-0.2, -0.15) is 0 Å². The molecule has 2 aromatic rings. The Hall–Kier alpha value is -2.28. The molecule has 0 bridgehead atoms. The molecule has 1 aliphatic rings. The lowest BCUT2D eigenvalue weighted by atomic mass is 10.1. The molecule has 0 saturated carbocycles. The van der Waals surface area contributed by atoms with Gasteiger partial charge in [0.15, 0.2) is 0 Å². The maximum Gasteiger partial charge on any atom is 0.255 e. The molecule has 0 amide bonds. The minimum atomic E-state index is -0.0768. The van der Waals surface area contributed by atoms with E-state index in [1.165, 1.54) is 12.4 Å². The van der Waals surface area contributed by atoms with E-state index in [0.717, 1.165) is 19.6 Å². The Labute approximate surface area is 142 Å². The Morgan fingerprint density at radius 1 is 1.25 bits per heavy atom. The minimum absolute atomic E-state index is 0.0768. The molecule has 3 heterocycles. The average molecular weight is 328 g/mol. The standard InChI is InChI=1S/C17H24N6O/c1-12(2)22-7-8-23(13(3)10-22)17-20-15(9-16(24)21(17)4)14-5-6-18-11-19-14/h5-6,9,11-13H,7-8,10H2,1-4H3/t13-/m1/s1. The summed E-state index contributed by atoms with van der Waals surface area (Å²) >= 11 is 0. The van der Waals surface area contributed by atoms with Gasteiger partial charge in [0, 0.05) is 51.0 Å². The van der Waals surface area contributed by atoms with Crippen LogP contribution < -0.4 is 10.5 Å². The minimum Gasteiger partial charge on any atom is -0.337 e. The van der Waals surface area contributed by atoms with Gasteiger partial charge in [0.2, 0.25) is 5.95 Å². The van der Waals surface area contributed by atoms with Gasteiger partial charge < -0.3 is 4.90 Å². The molecule has 1 saturated heterocycles. The number of aromatic nitrogens is 4. The number of hydrogen-bond donors (Lipinski definition) is 0. The SMILES string of the molecule is CC(C)N1CCN(c2nc(-c3ccncn3)cc(=O)n2C)[C@H](C)C1. The van der Waals surface area contributed by atoms with E-state index in [1.54, 1.807) is 23.9 Å². The highest BCUT2D eigenvalue weighted by atomic mass is 16.1. The van der Waals surface area contributed by atoms with Crippen LogP contribution in [0, 0.1) is 0 Å². The maximum atomic E-state index is 12.4. The second-order valence-electron chi connectivity index (χ2n) is 6.56. The summed E-state index contributed by atoms with van der Waals surface area (Å²) in [5, 5.41) is 0. The first-order valence-electron chi connectivity index (χ1n) is 8.32. The summed E-state index contributed by atoms with van der Waals surface area (Å²) in [6.07, 6.45) is 3.13. The summed E-state index contributed by atoms with van der Waals surface area (Å²) in [4.78, 5) is 29.9. The molecule has 1 atom stereocenters. The quantitative estimate of drug-likeness (QED) is 0.842. The smallest absolute Gasteiger partial charge is 0.255 e. The van der Waals surface area contributed by atoms with E-state index >= 15 is 0 Å². The molecule has 7 nitrogen and oxygen atoms in total. The highest BCUT2D eigenvalue weighted by Crippen LogP contribution is 2.21. The predicted octanol–water partition coefficient (Wildman–Crippen LogP) is 1.16. The second kappa shape index (κ2) is 6.68. The van der Waals surface area contributed by atoms with Crippen LogP contribution in [0.1, 0.15) is 20.8 Å². The van der Waals surface area contributed by atoms with Crippen LogP contribution in [0.4, 0.5) is 5.95 Å². The highest BCUT2D eigenvalue weighted by molar-refractivity contribution is 5.55. The Bertz CT molecular complexity index is 757. The lowest BCUT2D eigenvalue weighted by molar-refractivity contribution is 0.184. The molecule has 1 aliphatic heterocycles. The highest BCUT2D eigenvalue weighted by Gasteiger charge is 2.28. The topological polar surface area (TPSA) is 67.2 Å². The lowest BCUT2D eigenvalue weighted by Gasteiger charge is -2.42. The molecular formula is C17H24N6O. The van der Waals surface area contributed by atoms with Gasteiger partial charge in [0.05, 0.1) is 11.4 Å². The van der Waals surface area contributed by atoms with Crippen molar-refractivity contribution >= 4 is 5.95 Å². The molecular weight excluding hydrogens is 304 g/mol. The summed E-state index contributed by atoms with van der Waals surface area (Å²) in [7, 11) is 1.77. The van der Waals surface area contributed by atoms with Crippen molar-refractivity contribution in [2.45, 2.75) is 32.9 Å². The van der Waals surface area contributed by atoms with Crippen LogP contribution in [-0.4, -0.2) is 56.1 Å². The maximum absolute atomic E-state index is 12.4. The van der Waals surface area contributed by atoms with Gasteiger partial charge in [0.1, 0.15) is 6.33 Å². The van der Waals surface area contributed by atoms with Crippen LogP contribution in [0.25, 0.3) is 11.4 Å². The molecule has 1 fully saturated rings. The van der Waals surface area contributed by atoms with Gasteiger partial charge in [-0.05, 0) is 26.8 Å². The Morgan fingerprint density at radius 2 is 2.04 bits per heavy atom. The number of hydrogen-bond acceptors (Lipinski definition) is 6. The van der Waals surface area contributed by atoms with Gasteiger partial charge >= 0.3 is 0 Å². The van der Waals surface area contributed by atoms with E-state index in [0.29, 0.717) is 29.4 Å². The number of piperazine rings is 1. The third-order valence-electron chi connectivity index (χ3n) is 4.60. The monoisotopic (exact) mass is 328 g/mol. The fourth-order valence-corrected chi connectivity index (χ4v) is 3.11. The van der Waals surface area contributed by atoms with Gasteiger partial charge in [0.25, 0.3) is 5.56 Å². The molecule has 0 unspecified atom stereocenters. The average Bonchev–Trinajstić information content (AvgIpc) is 2.58. The largest absolute Gasteiger partial charge is 0.337 e. The molecule has 0 aromatic carbocycles. The van der Waals surface area contributed by atoms with Gasteiger partial charge in [-0.3, -0.25) is 14.3 Å². The summed E-state index contributed by atoms with van der Waals surface area (Å²) in [5.41, 5.74) is 1.18. The van der Waals surface area contributed by atoms with Crippen molar-refractivity contribution in [3.05, 3.63) is 35.0 Å². The Morgan fingerprint density at radius 3 is 2.67 bits per heavy atom. The Balaban J connectivity index is 1.96. The zero-order chi connectivity index (χ0) is 17.3. The predicted molar refractivity (Wildman–Crippen MR) is 94.0 cm³/mol. The van der Waals surface area contributed by atoms with Crippen molar-refractivity contribution in [1.82, 2.24) is 24.4 Å². The molecule has 0 aliphatic carbocycles. The zero-order valence-corrected chi connectivity index (χ0v) is 14.7. The molecule has 24 heavy (non-hydrogen) atoms. The van der Waals surface area contributed by atoms with Crippen molar-refractivity contribution < 1.29 is 0 Å². The van der Waals surface area contributed by atoms with Crippen LogP contribution in [0.15, 0.2) is 29.5 Å². The fourth-order valence-electron chi connectivity index (χ4n) is 3.11. The van der Waals surface area contributed by atoms with Gasteiger partial charge in [-0.15, -0.1) is 0 Å². The fraction of sp³-hybridized carbons (Fsp3) is 0.529. The molecule has 0 radical (unpaired) electrons. The number of anilines is 1. The van der Waals surface area contributed by atoms with Gasteiger partial charge in [-0.1, -0.05) is 0 Å². The zero-order valence-electron chi connectivity index (χ0n) is 14.7. The first-order valence-corrected chi connectivity index (χ1v) is 8.32. The lowest BCUT2D eigenvalue weighted by Crippen LogP contribution is -2.55. The molecule has 0 spiro atoms.